The average Bonchev–Trinajstić information content (AvgIpc) is 3.51. The second-order valence-corrected chi connectivity index (χ2v) is 9.65. The Hall–Kier alpha value is -2.03. The normalized spacial score (nSPS) is 18.7. The second kappa shape index (κ2) is 8.01. The van der Waals surface area contributed by atoms with Crippen molar-refractivity contribution in [3.8, 4) is 10.4 Å². The third-order valence-electron chi connectivity index (χ3n) is 6.13. The molecule has 2 aliphatic rings. The molecule has 5 heterocycles. The van der Waals surface area contributed by atoms with Crippen LogP contribution in [0, 0.1) is 0 Å². The maximum Gasteiger partial charge on any atom is 0.263 e. The summed E-state index contributed by atoms with van der Waals surface area (Å²) in [5.41, 5.74) is 0.797. The zero-order chi connectivity index (χ0) is 19.8. The Morgan fingerprint density at radius 1 is 1.14 bits per heavy atom. The third kappa shape index (κ3) is 3.65. The van der Waals surface area contributed by atoms with Crippen molar-refractivity contribution in [3.63, 3.8) is 0 Å². The van der Waals surface area contributed by atoms with Gasteiger partial charge in [0.05, 0.1) is 11.7 Å². The number of amides is 1. The summed E-state index contributed by atoms with van der Waals surface area (Å²) in [5.74, 6) is 0.0148. The maximum atomic E-state index is 13.1. The molecule has 0 atom stereocenters. The van der Waals surface area contributed by atoms with E-state index >= 15 is 0 Å². The number of fused-ring (bicyclic) bond motifs is 1. The van der Waals surface area contributed by atoms with Gasteiger partial charge in [0.15, 0.2) is 0 Å². The van der Waals surface area contributed by atoms with Crippen molar-refractivity contribution in [1.29, 1.82) is 0 Å². The predicted molar refractivity (Wildman–Crippen MR) is 118 cm³/mol. The molecule has 0 aromatic carbocycles. The fourth-order valence-electron chi connectivity index (χ4n) is 4.53. The lowest BCUT2D eigenvalue weighted by molar-refractivity contribution is -0.133. The molecule has 5 rings (SSSR count). The molecule has 0 bridgehead atoms. The summed E-state index contributed by atoms with van der Waals surface area (Å²) in [6, 6.07) is 4.60. The van der Waals surface area contributed by atoms with E-state index < -0.39 is 0 Å². The van der Waals surface area contributed by atoms with Crippen LogP contribution < -0.4 is 5.56 Å². The molecule has 8 heteroatoms. The van der Waals surface area contributed by atoms with E-state index in [1.165, 1.54) is 48.2 Å². The van der Waals surface area contributed by atoms with Gasteiger partial charge in [0, 0.05) is 35.0 Å². The largest absolute Gasteiger partial charge is 0.341 e. The van der Waals surface area contributed by atoms with Gasteiger partial charge in [-0.3, -0.25) is 14.2 Å². The summed E-state index contributed by atoms with van der Waals surface area (Å²) >= 11 is 3.09. The monoisotopic (exact) mass is 428 g/mol. The van der Waals surface area contributed by atoms with E-state index in [0.717, 1.165) is 41.2 Å². The lowest BCUT2D eigenvalue weighted by Crippen LogP contribution is -2.47. The molecule has 3 aromatic rings. The van der Waals surface area contributed by atoms with Gasteiger partial charge in [-0.05, 0) is 50.2 Å². The SMILES string of the molecule is O=C(Cn1cnc2scc(-c3cccs3)c2c1=O)N1CCC(N2CCCC2)CC1. The van der Waals surface area contributed by atoms with Crippen molar-refractivity contribution in [1.82, 2.24) is 19.4 Å². The van der Waals surface area contributed by atoms with Crippen LogP contribution in [-0.4, -0.2) is 57.5 Å². The van der Waals surface area contributed by atoms with E-state index in [1.807, 2.05) is 27.8 Å². The molecule has 6 nitrogen and oxygen atoms in total. The Kier molecular flexibility index (Phi) is 5.24. The minimum absolute atomic E-state index is 0.0148. The first-order chi connectivity index (χ1) is 14.2. The number of carbonyl (C=O) groups is 1. The molecule has 0 saturated carbocycles. The van der Waals surface area contributed by atoms with Gasteiger partial charge in [-0.15, -0.1) is 22.7 Å². The number of carbonyl (C=O) groups excluding carboxylic acids is 1. The molecule has 0 radical (unpaired) electrons. The van der Waals surface area contributed by atoms with Crippen molar-refractivity contribution < 1.29 is 4.79 Å². The summed E-state index contributed by atoms with van der Waals surface area (Å²) in [5, 5.41) is 4.61. The molecule has 2 saturated heterocycles. The Morgan fingerprint density at radius 2 is 1.93 bits per heavy atom. The quantitative estimate of drug-likeness (QED) is 0.640. The van der Waals surface area contributed by atoms with Crippen molar-refractivity contribution in [2.75, 3.05) is 26.2 Å². The Balaban J connectivity index is 1.31. The molecule has 0 spiro atoms. The summed E-state index contributed by atoms with van der Waals surface area (Å²) in [7, 11) is 0. The number of hydrogen-bond acceptors (Lipinski definition) is 6. The van der Waals surface area contributed by atoms with Crippen LogP contribution in [0.1, 0.15) is 25.7 Å². The molecule has 0 unspecified atom stereocenters. The third-order valence-corrected chi connectivity index (χ3v) is 7.92. The van der Waals surface area contributed by atoms with Gasteiger partial charge >= 0.3 is 0 Å². The van der Waals surface area contributed by atoms with Crippen molar-refractivity contribution in [2.45, 2.75) is 38.3 Å². The van der Waals surface area contributed by atoms with E-state index in [9.17, 15) is 9.59 Å². The number of hydrogen-bond donors (Lipinski definition) is 0. The molecule has 152 valence electrons. The molecular formula is C21H24N4O2S2. The molecule has 3 aromatic heterocycles. The van der Waals surface area contributed by atoms with E-state index in [0.29, 0.717) is 11.4 Å². The van der Waals surface area contributed by atoms with Crippen molar-refractivity contribution in [2.24, 2.45) is 0 Å². The highest BCUT2D eigenvalue weighted by atomic mass is 32.1. The van der Waals surface area contributed by atoms with E-state index in [2.05, 4.69) is 9.88 Å². The molecular weight excluding hydrogens is 404 g/mol. The number of piperidine rings is 1. The van der Waals surface area contributed by atoms with Crippen LogP contribution in [0.5, 0.6) is 0 Å². The first-order valence-electron chi connectivity index (χ1n) is 10.2. The minimum atomic E-state index is -0.125. The van der Waals surface area contributed by atoms with E-state index in [4.69, 9.17) is 0 Å². The average molecular weight is 429 g/mol. The maximum absolute atomic E-state index is 13.1. The topological polar surface area (TPSA) is 58.4 Å². The molecule has 2 aliphatic heterocycles. The van der Waals surface area contributed by atoms with Crippen LogP contribution in [-0.2, 0) is 11.3 Å². The first kappa shape index (κ1) is 19.0. The highest BCUT2D eigenvalue weighted by Gasteiger charge is 2.28. The van der Waals surface area contributed by atoms with Crippen molar-refractivity contribution in [3.05, 3.63) is 39.6 Å². The summed E-state index contributed by atoms with van der Waals surface area (Å²) < 4.78 is 1.47. The minimum Gasteiger partial charge on any atom is -0.341 e. The van der Waals surface area contributed by atoms with Crippen LogP contribution in [0.25, 0.3) is 20.7 Å². The van der Waals surface area contributed by atoms with E-state index in [1.54, 1.807) is 11.3 Å². The van der Waals surface area contributed by atoms with Crippen LogP contribution in [0.4, 0.5) is 0 Å². The summed E-state index contributed by atoms with van der Waals surface area (Å²) in [6.07, 6.45) is 6.19. The van der Waals surface area contributed by atoms with Gasteiger partial charge in [0.2, 0.25) is 5.91 Å². The fourth-order valence-corrected chi connectivity index (χ4v) is 6.25. The van der Waals surface area contributed by atoms with E-state index in [-0.39, 0.29) is 18.0 Å². The highest BCUT2D eigenvalue weighted by molar-refractivity contribution is 7.18. The van der Waals surface area contributed by atoms with Crippen LogP contribution in [0.3, 0.4) is 0 Å². The van der Waals surface area contributed by atoms with Crippen molar-refractivity contribution >= 4 is 38.8 Å². The zero-order valence-corrected chi connectivity index (χ0v) is 17.9. The Morgan fingerprint density at radius 3 is 2.66 bits per heavy atom. The van der Waals surface area contributed by atoms with Gasteiger partial charge in [0.25, 0.3) is 5.56 Å². The summed E-state index contributed by atoms with van der Waals surface area (Å²) in [4.78, 5) is 36.7. The standard InChI is InChI=1S/C21H24N4O2S2/c26-18(24-9-5-15(6-10-24)23-7-1-2-8-23)12-25-14-22-20-19(21(25)27)16(13-29-20)17-4-3-11-28-17/h3-4,11,13-15H,1-2,5-10,12H2. The van der Waals surface area contributed by atoms with Crippen LogP contribution >= 0.6 is 22.7 Å². The number of rotatable bonds is 4. The smallest absolute Gasteiger partial charge is 0.263 e. The molecule has 29 heavy (non-hydrogen) atoms. The Labute approximate surface area is 177 Å². The number of nitrogens with zero attached hydrogens (tertiary/aromatic N) is 4. The summed E-state index contributed by atoms with van der Waals surface area (Å²) in [6.45, 7) is 4.03. The van der Waals surface area contributed by atoms with Gasteiger partial charge in [-0.25, -0.2) is 4.98 Å². The molecule has 0 N–H and O–H groups in total. The van der Waals surface area contributed by atoms with Crippen LogP contribution in [0.15, 0.2) is 34.0 Å². The van der Waals surface area contributed by atoms with Gasteiger partial charge in [-0.1, -0.05) is 6.07 Å². The van der Waals surface area contributed by atoms with Gasteiger partial charge in [0.1, 0.15) is 11.4 Å². The number of aromatic nitrogens is 2. The number of likely N-dealkylation sites (tertiary alicyclic amines) is 2. The zero-order valence-electron chi connectivity index (χ0n) is 16.2. The van der Waals surface area contributed by atoms with Gasteiger partial charge < -0.3 is 9.80 Å². The van der Waals surface area contributed by atoms with Crippen LogP contribution in [0.2, 0.25) is 0 Å². The predicted octanol–water partition coefficient (Wildman–Crippen LogP) is 3.27. The lowest BCUT2D eigenvalue weighted by atomic mass is 10.0. The number of thiophene rings is 2. The highest BCUT2D eigenvalue weighted by Crippen LogP contribution is 2.33. The fraction of sp³-hybridized carbons (Fsp3) is 0.476. The Bertz CT molecular complexity index is 1060. The first-order valence-corrected chi connectivity index (χ1v) is 12.0. The second-order valence-electron chi connectivity index (χ2n) is 7.84. The van der Waals surface area contributed by atoms with Gasteiger partial charge in [-0.2, -0.15) is 0 Å². The lowest BCUT2D eigenvalue weighted by Gasteiger charge is -2.36. The molecule has 2 fully saturated rings. The molecule has 0 aliphatic carbocycles. The molecule has 1 amide bonds.